The van der Waals surface area contributed by atoms with Crippen molar-refractivity contribution in [2.24, 2.45) is 0 Å². The SMILES string of the molecule is COc1ccccc1-c1ccnc(N2CC3CCC(C2)N3)n1. The minimum atomic E-state index is 0.581. The maximum absolute atomic E-state index is 5.45. The highest BCUT2D eigenvalue weighted by Crippen LogP contribution is 2.29. The van der Waals surface area contributed by atoms with Crippen molar-refractivity contribution in [2.75, 3.05) is 25.1 Å². The van der Waals surface area contributed by atoms with Gasteiger partial charge < -0.3 is 15.0 Å². The molecule has 2 bridgehead atoms. The first-order chi connectivity index (χ1) is 10.8. The van der Waals surface area contributed by atoms with E-state index in [2.05, 4.69) is 15.2 Å². The van der Waals surface area contributed by atoms with Crippen molar-refractivity contribution < 1.29 is 4.74 Å². The van der Waals surface area contributed by atoms with Crippen LogP contribution in [-0.4, -0.2) is 42.3 Å². The number of fused-ring (bicyclic) bond motifs is 2. The van der Waals surface area contributed by atoms with Gasteiger partial charge in [-0.05, 0) is 31.0 Å². The second-order valence-electron chi connectivity index (χ2n) is 5.99. The molecule has 2 saturated heterocycles. The van der Waals surface area contributed by atoms with Crippen LogP contribution >= 0.6 is 0 Å². The molecule has 0 radical (unpaired) electrons. The zero-order chi connectivity index (χ0) is 14.9. The maximum Gasteiger partial charge on any atom is 0.225 e. The summed E-state index contributed by atoms with van der Waals surface area (Å²) in [5, 5.41) is 3.64. The van der Waals surface area contributed by atoms with Gasteiger partial charge in [-0.15, -0.1) is 0 Å². The Kier molecular flexibility index (Phi) is 3.42. The van der Waals surface area contributed by atoms with Gasteiger partial charge in [0.25, 0.3) is 0 Å². The number of aromatic nitrogens is 2. The number of piperazine rings is 1. The zero-order valence-electron chi connectivity index (χ0n) is 12.7. The van der Waals surface area contributed by atoms with E-state index in [0.29, 0.717) is 12.1 Å². The highest BCUT2D eigenvalue weighted by Gasteiger charge is 2.33. The molecule has 0 spiro atoms. The predicted molar refractivity (Wildman–Crippen MR) is 86.2 cm³/mol. The van der Waals surface area contributed by atoms with Gasteiger partial charge in [0.15, 0.2) is 0 Å². The number of anilines is 1. The summed E-state index contributed by atoms with van der Waals surface area (Å²) in [6, 6.07) is 11.1. The lowest BCUT2D eigenvalue weighted by molar-refractivity contribution is 0.416. The highest BCUT2D eigenvalue weighted by atomic mass is 16.5. The number of methoxy groups -OCH3 is 1. The summed E-state index contributed by atoms with van der Waals surface area (Å²) in [4.78, 5) is 11.6. The Hall–Kier alpha value is -2.14. The monoisotopic (exact) mass is 296 g/mol. The lowest BCUT2D eigenvalue weighted by Crippen LogP contribution is -2.51. The van der Waals surface area contributed by atoms with E-state index < -0.39 is 0 Å². The number of hydrogen-bond donors (Lipinski definition) is 1. The molecule has 3 heterocycles. The zero-order valence-corrected chi connectivity index (χ0v) is 12.7. The second-order valence-corrected chi connectivity index (χ2v) is 5.99. The molecule has 2 unspecified atom stereocenters. The minimum absolute atomic E-state index is 0.581. The highest BCUT2D eigenvalue weighted by molar-refractivity contribution is 5.67. The first kappa shape index (κ1) is 13.5. The summed E-state index contributed by atoms with van der Waals surface area (Å²) < 4.78 is 5.45. The molecule has 2 atom stereocenters. The molecule has 0 amide bonds. The molecule has 5 heteroatoms. The molecule has 4 rings (SSSR count). The average molecular weight is 296 g/mol. The molecule has 22 heavy (non-hydrogen) atoms. The van der Waals surface area contributed by atoms with Gasteiger partial charge >= 0.3 is 0 Å². The predicted octanol–water partition coefficient (Wildman–Crippen LogP) is 2.09. The topological polar surface area (TPSA) is 50.3 Å². The molecular weight excluding hydrogens is 276 g/mol. The molecule has 2 aliphatic heterocycles. The molecule has 1 aromatic heterocycles. The Morgan fingerprint density at radius 3 is 2.68 bits per heavy atom. The van der Waals surface area contributed by atoms with Crippen LogP contribution in [0.5, 0.6) is 5.75 Å². The Bertz CT molecular complexity index is 663. The Morgan fingerprint density at radius 1 is 1.14 bits per heavy atom. The van der Waals surface area contributed by atoms with Gasteiger partial charge in [-0.25, -0.2) is 9.97 Å². The van der Waals surface area contributed by atoms with Gasteiger partial charge in [0.1, 0.15) is 5.75 Å². The van der Waals surface area contributed by atoms with Gasteiger partial charge in [-0.2, -0.15) is 0 Å². The maximum atomic E-state index is 5.45. The van der Waals surface area contributed by atoms with Crippen molar-refractivity contribution in [3.63, 3.8) is 0 Å². The van der Waals surface area contributed by atoms with E-state index in [1.807, 2.05) is 36.5 Å². The van der Waals surface area contributed by atoms with Gasteiger partial charge in [0.2, 0.25) is 5.95 Å². The van der Waals surface area contributed by atoms with Gasteiger partial charge in [0.05, 0.1) is 12.8 Å². The van der Waals surface area contributed by atoms with Crippen LogP contribution in [0.1, 0.15) is 12.8 Å². The minimum Gasteiger partial charge on any atom is -0.496 e. The van der Waals surface area contributed by atoms with E-state index in [-0.39, 0.29) is 0 Å². The molecule has 2 fully saturated rings. The van der Waals surface area contributed by atoms with Crippen molar-refractivity contribution in [3.05, 3.63) is 36.5 Å². The van der Waals surface area contributed by atoms with E-state index in [9.17, 15) is 0 Å². The third-order valence-corrected chi connectivity index (χ3v) is 4.53. The van der Waals surface area contributed by atoms with Crippen LogP contribution in [0.2, 0.25) is 0 Å². The number of nitrogens with one attached hydrogen (secondary N) is 1. The molecule has 2 aromatic rings. The summed E-state index contributed by atoms with van der Waals surface area (Å²) >= 11 is 0. The quantitative estimate of drug-likeness (QED) is 0.940. The lowest BCUT2D eigenvalue weighted by Gasteiger charge is -2.32. The van der Waals surface area contributed by atoms with Crippen LogP contribution in [0.3, 0.4) is 0 Å². The third-order valence-electron chi connectivity index (χ3n) is 4.53. The Morgan fingerprint density at radius 2 is 1.91 bits per heavy atom. The molecule has 5 nitrogen and oxygen atoms in total. The summed E-state index contributed by atoms with van der Waals surface area (Å²) in [6.07, 6.45) is 4.36. The van der Waals surface area contributed by atoms with Crippen molar-refractivity contribution >= 4 is 5.95 Å². The van der Waals surface area contributed by atoms with E-state index in [0.717, 1.165) is 36.0 Å². The third kappa shape index (κ3) is 2.41. The summed E-state index contributed by atoms with van der Waals surface area (Å²) in [7, 11) is 1.69. The fraction of sp³-hybridized carbons (Fsp3) is 0.412. The fourth-order valence-electron chi connectivity index (χ4n) is 3.47. The smallest absolute Gasteiger partial charge is 0.225 e. The number of para-hydroxylation sites is 1. The number of ether oxygens (including phenoxy) is 1. The van der Waals surface area contributed by atoms with E-state index in [4.69, 9.17) is 9.72 Å². The van der Waals surface area contributed by atoms with Crippen LogP contribution in [0.4, 0.5) is 5.95 Å². The standard InChI is InChI=1S/C17H20N4O/c1-22-16-5-3-2-4-14(16)15-8-9-18-17(20-15)21-10-12-6-7-13(11-21)19-12/h2-5,8-9,12-13,19H,6-7,10-11H2,1H3. The number of benzene rings is 1. The van der Waals surface area contributed by atoms with E-state index in [1.54, 1.807) is 7.11 Å². The fourth-order valence-corrected chi connectivity index (χ4v) is 3.47. The molecule has 2 aliphatic rings. The molecule has 0 aliphatic carbocycles. The van der Waals surface area contributed by atoms with Gasteiger partial charge in [0, 0.05) is 36.9 Å². The summed E-state index contributed by atoms with van der Waals surface area (Å²) in [6.45, 7) is 1.98. The van der Waals surface area contributed by atoms with Crippen LogP contribution < -0.4 is 15.0 Å². The molecular formula is C17H20N4O. The van der Waals surface area contributed by atoms with Crippen molar-refractivity contribution in [3.8, 4) is 17.0 Å². The van der Waals surface area contributed by atoms with E-state index in [1.165, 1.54) is 12.8 Å². The van der Waals surface area contributed by atoms with E-state index >= 15 is 0 Å². The first-order valence-electron chi connectivity index (χ1n) is 7.81. The number of nitrogens with zero attached hydrogens (tertiary/aromatic N) is 3. The normalized spacial score (nSPS) is 23.6. The summed E-state index contributed by atoms with van der Waals surface area (Å²) in [5.74, 6) is 1.66. The van der Waals surface area contributed by atoms with Crippen LogP contribution in [0.25, 0.3) is 11.3 Å². The average Bonchev–Trinajstić information content (AvgIpc) is 2.93. The van der Waals surface area contributed by atoms with Crippen LogP contribution in [0.15, 0.2) is 36.5 Å². The summed E-state index contributed by atoms with van der Waals surface area (Å²) in [5.41, 5.74) is 1.92. The lowest BCUT2D eigenvalue weighted by atomic mass is 10.1. The van der Waals surface area contributed by atoms with Crippen LogP contribution in [-0.2, 0) is 0 Å². The first-order valence-corrected chi connectivity index (χ1v) is 7.81. The molecule has 0 saturated carbocycles. The van der Waals surface area contributed by atoms with Crippen molar-refractivity contribution in [1.82, 2.24) is 15.3 Å². The number of rotatable bonds is 3. The van der Waals surface area contributed by atoms with Crippen molar-refractivity contribution in [1.29, 1.82) is 0 Å². The Balaban J connectivity index is 1.66. The molecule has 1 N–H and O–H groups in total. The van der Waals surface area contributed by atoms with Gasteiger partial charge in [-0.1, -0.05) is 12.1 Å². The van der Waals surface area contributed by atoms with Crippen LogP contribution in [0, 0.1) is 0 Å². The largest absolute Gasteiger partial charge is 0.496 e. The van der Waals surface area contributed by atoms with Gasteiger partial charge in [-0.3, -0.25) is 0 Å². The molecule has 114 valence electrons. The number of hydrogen-bond acceptors (Lipinski definition) is 5. The van der Waals surface area contributed by atoms with Crippen molar-refractivity contribution in [2.45, 2.75) is 24.9 Å². The molecule has 1 aromatic carbocycles. The Labute approximate surface area is 130 Å². The second kappa shape index (κ2) is 5.57.